The number of nitrogens with zero attached hydrogens (tertiary/aromatic N) is 4. The van der Waals surface area contributed by atoms with Gasteiger partial charge >= 0.3 is 0 Å². The van der Waals surface area contributed by atoms with Crippen molar-refractivity contribution < 1.29 is 13.9 Å². The number of pyridine rings is 1. The van der Waals surface area contributed by atoms with E-state index in [1.807, 2.05) is 13.0 Å². The summed E-state index contributed by atoms with van der Waals surface area (Å²) in [7, 11) is 0. The van der Waals surface area contributed by atoms with Crippen LogP contribution in [0.25, 0.3) is 0 Å². The SMILES string of the molecule is CCCC1(F)CNc2c(C(=O)Nc3cnccc3N3CCOCC3)c(N)nn2C1. The van der Waals surface area contributed by atoms with Gasteiger partial charge in [-0.2, -0.15) is 5.10 Å². The average molecular weight is 403 g/mol. The number of morpholine rings is 1. The Kier molecular flexibility index (Phi) is 5.27. The molecule has 0 aromatic carbocycles. The number of anilines is 4. The average Bonchev–Trinajstić information content (AvgIpc) is 3.03. The summed E-state index contributed by atoms with van der Waals surface area (Å²) in [6.07, 6.45) is 4.44. The quantitative estimate of drug-likeness (QED) is 0.699. The van der Waals surface area contributed by atoms with E-state index in [1.165, 1.54) is 4.68 Å². The minimum absolute atomic E-state index is 0.0718. The summed E-state index contributed by atoms with van der Waals surface area (Å²) in [4.78, 5) is 19.3. The molecule has 2 aliphatic rings. The van der Waals surface area contributed by atoms with Crippen LogP contribution in [0.5, 0.6) is 0 Å². The molecule has 1 atom stereocenters. The van der Waals surface area contributed by atoms with E-state index in [0.717, 1.165) is 25.2 Å². The molecular formula is C19H26FN7O2. The third-order valence-electron chi connectivity index (χ3n) is 5.31. The van der Waals surface area contributed by atoms with Crippen molar-refractivity contribution in [3.63, 3.8) is 0 Å². The van der Waals surface area contributed by atoms with Crippen molar-refractivity contribution in [1.29, 1.82) is 0 Å². The first-order valence-corrected chi connectivity index (χ1v) is 9.88. The lowest BCUT2D eigenvalue weighted by atomic mass is 9.98. The first-order valence-electron chi connectivity index (χ1n) is 9.88. The minimum Gasteiger partial charge on any atom is -0.381 e. The third kappa shape index (κ3) is 3.84. The number of hydrogen-bond donors (Lipinski definition) is 3. The summed E-state index contributed by atoms with van der Waals surface area (Å²) in [5.74, 6) is 0.115. The van der Waals surface area contributed by atoms with Crippen LogP contribution in [-0.4, -0.2) is 59.2 Å². The van der Waals surface area contributed by atoms with E-state index >= 15 is 0 Å². The second-order valence-electron chi connectivity index (χ2n) is 7.47. The standard InChI is InChI=1S/C19H26FN7O2/c1-2-4-19(20)11-23-17-15(16(21)25-27(17)12-19)18(28)24-13-10-22-5-3-14(13)26-6-8-29-9-7-26/h3,5,10,23H,2,4,6-9,11-12H2,1H3,(H2,21,25)(H,24,28). The number of alkyl halides is 1. The van der Waals surface area contributed by atoms with Crippen molar-refractivity contribution in [2.45, 2.75) is 32.0 Å². The molecule has 1 amide bonds. The van der Waals surface area contributed by atoms with Gasteiger partial charge in [0.2, 0.25) is 0 Å². The third-order valence-corrected chi connectivity index (χ3v) is 5.31. The molecule has 2 aromatic heterocycles. The Balaban J connectivity index is 1.57. The predicted molar refractivity (Wildman–Crippen MR) is 109 cm³/mol. The van der Waals surface area contributed by atoms with Crippen LogP contribution in [0.2, 0.25) is 0 Å². The van der Waals surface area contributed by atoms with Gasteiger partial charge < -0.3 is 26.0 Å². The lowest BCUT2D eigenvalue weighted by Crippen LogP contribution is -2.42. The van der Waals surface area contributed by atoms with Crippen molar-refractivity contribution in [3.05, 3.63) is 24.0 Å². The van der Waals surface area contributed by atoms with Gasteiger partial charge in [-0.3, -0.25) is 9.78 Å². The molecule has 10 heteroatoms. The molecule has 9 nitrogen and oxygen atoms in total. The number of hydrogen-bond acceptors (Lipinski definition) is 7. The lowest BCUT2D eigenvalue weighted by Gasteiger charge is -2.31. The summed E-state index contributed by atoms with van der Waals surface area (Å²) in [6.45, 7) is 4.86. The molecule has 4 heterocycles. The molecule has 1 unspecified atom stereocenters. The van der Waals surface area contributed by atoms with E-state index in [4.69, 9.17) is 10.5 Å². The summed E-state index contributed by atoms with van der Waals surface area (Å²) < 4.78 is 21.8. The van der Waals surface area contributed by atoms with Gasteiger partial charge in [-0.15, -0.1) is 0 Å². The molecule has 4 N–H and O–H groups in total. The fraction of sp³-hybridized carbons (Fsp3) is 0.526. The lowest BCUT2D eigenvalue weighted by molar-refractivity contribution is 0.102. The Morgan fingerprint density at radius 2 is 2.24 bits per heavy atom. The first kappa shape index (κ1) is 19.4. The molecule has 4 rings (SSSR count). The van der Waals surface area contributed by atoms with Crippen LogP contribution in [0.4, 0.5) is 27.4 Å². The number of carbonyl (C=O) groups excluding carboxylic acids is 1. The summed E-state index contributed by atoms with van der Waals surface area (Å²) in [6, 6.07) is 1.86. The highest BCUT2D eigenvalue weighted by molar-refractivity contribution is 6.11. The molecule has 1 fully saturated rings. The molecule has 2 aromatic rings. The van der Waals surface area contributed by atoms with Crippen LogP contribution in [0, 0.1) is 0 Å². The predicted octanol–water partition coefficient (Wildman–Crippen LogP) is 1.88. The number of carbonyl (C=O) groups is 1. The molecule has 0 aliphatic carbocycles. The highest BCUT2D eigenvalue weighted by atomic mass is 19.1. The van der Waals surface area contributed by atoms with E-state index in [2.05, 4.69) is 25.6 Å². The van der Waals surface area contributed by atoms with E-state index in [9.17, 15) is 9.18 Å². The minimum atomic E-state index is -1.40. The van der Waals surface area contributed by atoms with Crippen molar-refractivity contribution in [1.82, 2.24) is 14.8 Å². The highest BCUT2D eigenvalue weighted by Crippen LogP contribution is 2.33. The molecule has 0 bridgehead atoms. The van der Waals surface area contributed by atoms with Gasteiger partial charge in [0.1, 0.15) is 17.1 Å². The number of nitrogens with one attached hydrogen (secondary N) is 2. The fourth-order valence-corrected chi connectivity index (χ4v) is 3.93. The molecule has 0 spiro atoms. The summed E-state index contributed by atoms with van der Waals surface area (Å²) in [5, 5.41) is 10.1. The Morgan fingerprint density at radius 3 is 3.00 bits per heavy atom. The number of nitrogen functional groups attached to an aromatic ring is 1. The van der Waals surface area contributed by atoms with Crippen LogP contribution < -0.4 is 21.3 Å². The number of aromatic nitrogens is 3. The fourth-order valence-electron chi connectivity index (χ4n) is 3.93. The van der Waals surface area contributed by atoms with Crippen LogP contribution in [-0.2, 0) is 11.3 Å². The Morgan fingerprint density at radius 1 is 1.45 bits per heavy atom. The number of nitrogens with two attached hydrogens (primary N) is 1. The zero-order chi connectivity index (χ0) is 20.4. The van der Waals surface area contributed by atoms with Crippen molar-refractivity contribution >= 4 is 28.9 Å². The molecule has 0 radical (unpaired) electrons. The topological polar surface area (TPSA) is 110 Å². The zero-order valence-corrected chi connectivity index (χ0v) is 16.4. The molecule has 156 valence electrons. The zero-order valence-electron chi connectivity index (χ0n) is 16.4. The van der Waals surface area contributed by atoms with Gasteiger partial charge in [-0.1, -0.05) is 13.3 Å². The number of halogens is 1. The maximum absolute atomic E-state index is 14.9. The largest absolute Gasteiger partial charge is 0.381 e. The number of amides is 1. The van der Waals surface area contributed by atoms with Gasteiger partial charge in [0.25, 0.3) is 5.91 Å². The smallest absolute Gasteiger partial charge is 0.263 e. The van der Waals surface area contributed by atoms with Crippen molar-refractivity contribution in [3.8, 4) is 0 Å². The Hall–Kier alpha value is -2.88. The van der Waals surface area contributed by atoms with E-state index in [0.29, 0.717) is 31.1 Å². The van der Waals surface area contributed by atoms with Gasteiger partial charge in [0.05, 0.1) is 43.9 Å². The summed E-state index contributed by atoms with van der Waals surface area (Å²) >= 11 is 0. The Bertz CT molecular complexity index is 897. The normalized spacial score (nSPS) is 21.4. The second kappa shape index (κ2) is 7.86. The maximum Gasteiger partial charge on any atom is 0.263 e. The second-order valence-corrected chi connectivity index (χ2v) is 7.47. The Labute approximate surface area is 168 Å². The molecular weight excluding hydrogens is 377 g/mol. The molecule has 0 saturated carbocycles. The highest BCUT2D eigenvalue weighted by Gasteiger charge is 2.37. The molecule has 2 aliphatic heterocycles. The van der Waals surface area contributed by atoms with E-state index < -0.39 is 11.6 Å². The van der Waals surface area contributed by atoms with E-state index in [-0.39, 0.29) is 24.5 Å². The van der Waals surface area contributed by atoms with Crippen molar-refractivity contribution in [2.75, 3.05) is 54.1 Å². The number of ether oxygens (including phenoxy) is 1. The van der Waals surface area contributed by atoms with Gasteiger partial charge in [0.15, 0.2) is 5.82 Å². The van der Waals surface area contributed by atoms with Crippen LogP contribution in [0.15, 0.2) is 18.5 Å². The molecule has 1 saturated heterocycles. The first-order chi connectivity index (χ1) is 14.0. The van der Waals surface area contributed by atoms with Gasteiger partial charge in [-0.05, 0) is 12.5 Å². The van der Waals surface area contributed by atoms with Gasteiger partial charge in [0, 0.05) is 19.3 Å². The number of fused-ring (bicyclic) bond motifs is 1. The van der Waals surface area contributed by atoms with Crippen LogP contribution >= 0.6 is 0 Å². The molecule has 29 heavy (non-hydrogen) atoms. The number of rotatable bonds is 5. The monoisotopic (exact) mass is 403 g/mol. The maximum atomic E-state index is 14.9. The summed E-state index contributed by atoms with van der Waals surface area (Å²) in [5.41, 5.74) is 6.30. The van der Waals surface area contributed by atoms with E-state index in [1.54, 1.807) is 12.4 Å². The van der Waals surface area contributed by atoms with Crippen LogP contribution in [0.3, 0.4) is 0 Å². The van der Waals surface area contributed by atoms with Crippen LogP contribution in [0.1, 0.15) is 30.1 Å². The van der Waals surface area contributed by atoms with Gasteiger partial charge in [-0.25, -0.2) is 9.07 Å². The van der Waals surface area contributed by atoms with Crippen molar-refractivity contribution in [2.24, 2.45) is 0 Å².